The van der Waals surface area contributed by atoms with Gasteiger partial charge in [0.25, 0.3) is 0 Å². The summed E-state index contributed by atoms with van der Waals surface area (Å²) in [5.41, 5.74) is 0.651. The number of hydrogen-bond acceptors (Lipinski definition) is 5. The van der Waals surface area contributed by atoms with E-state index in [4.69, 9.17) is 0 Å². The van der Waals surface area contributed by atoms with Crippen LogP contribution < -0.4 is 10.6 Å². The van der Waals surface area contributed by atoms with Crippen molar-refractivity contribution in [1.82, 2.24) is 25.1 Å². The molecule has 1 atom stereocenters. The number of carbonyl (C=O) groups is 1. The Hall–Kier alpha value is -2.09. The van der Waals surface area contributed by atoms with Gasteiger partial charge in [-0.3, -0.25) is 0 Å². The Balaban J connectivity index is 1.91. The average molecular weight is 306 g/mol. The fraction of sp³-hybridized carbons (Fsp3) is 0.385. The smallest absolute Gasteiger partial charge is 0.319 e. The summed E-state index contributed by atoms with van der Waals surface area (Å²) < 4.78 is 1.77. The summed E-state index contributed by atoms with van der Waals surface area (Å²) in [5.74, 6) is 1.66. The molecule has 0 spiro atoms. The van der Waals surface area contributed by atoms with E-state index in [9.17, 15) is 4.79 Å². The topological polar surface area (TPSA) is 84.7 Å². The van der Waals surface area contributed by atoms with Crippen molar-refractivity contribution in [3.63, 3.8) is 0 Å². The molecule has 0 aliphatic rings. The molecule has 2 amide bonds. The lowest BCUT2D eigenvalue weighted by atomic mass is 10.3. The molecular formula is C13H18N6OS. The minimum absolute atomic E-state index is 0.236. The number of aromatic nitrogens is 4. The van der Waals surface area contributed by atoms with Gasteiger partial charge in [0.2, 0.25) is 0 Å². The zero-order valence-corrected chi connectivity index (χ0v) is 13.0. The maximum absolute atomic E-state index is 11.9. The Kier molecular flexibility index (Phi) is 5.15. The quantitative estimate of drug-likeness (QED) is 0.827. The monoisotopic (exact) mass is 306 g/mol. The van der Waals surface area contributed by atoms with Crippen LogP contribution in [0.3, 0.4) is 0 Å². The lowest BCUT2D eigenvalue weighted by Crippen LogP contribution is -2.32. The largest absolute Gasteiger partial charge is 0.328 e. The second-order valence-electron chi connectivity index (χ2n) is 4.44. The molecule has 2 N–H and O–H groups in total. The number of urea groups is 1. The van der Waals surface area contributed by atoms with Crippen LogP contribution in [0.4, 0.5) is 10.5 Å². The van der Waals surface area contributed by atoms with E-state index in [0.29, 0.717) is 11.5 Å². The highest BCUT2D eigenvalue weighted by Gasteiger charge is 2.14. The first-order valence-corrected chi connectivity index (χ1v) is 7.59. The normalized spacial score (nSPS) is 12.0. The number of aryl methyl sites for hydroxylation is 1. The molecule has 2 aromatic heterocycles. The predicted octanol–water partition coefficient (Wildman–Crippen LogP) is 2.20. The molecular weight excluding hydrogens is 288 g/mol. The highest BCUT2D eigenvalue weighted by Crippen LogP contribution is 2.16. The maximum Gasteiger partial charge on any atom is 0.319 e. The minimum atomic E-state index is -0.303. The molecule has 2 aromatic rings. The SMILES string of the molecule is CCSc1ccc(NC(=O)NC(C)c2nncn2C)cn1. The van der Waals surface area contributed by atoms with Gasteiger partial charge in [-0.2, -0.15) is 0 Å². The molecule has 7 nitrogen and oxygen atoms in total. The molecule has 0 fully saturated rings. The highest BCUT2D eigenvalue weighted by atomic mass is 32.2. The first-order valence-electron chi connectivity index (χ1n) is 6.60. The van der Waals surface area contributed by atoms with E-state index in [2.05, 4.69) is 32.7 Å². The fourth-order valence-corrected chi connectivity index (χ4v) is 2.39. The van der Waals surface area contributed by atoms with E-state index >= 15 is 0 Å². The van der Waals surface area contributed by atoms with Crippen molar-refractivity contribution in [2.75, 3.05) is 11.1 Å². The third kappa shape index (κ3) is 4.19. The van der Waals surface area contributed by atoms with Crippen molar-refractivity contribution in [3.8, 4) is 0 Å². The zero-order valence-electron chi connectivity index (χ0n) is 12.2. The Bertz CT molecular complexity index is 597. The summed E-state index contributed by atoms with van der Waals surface area (Å²) in [6.07, 6.45) is 3.24. The Morgan fingerprint density at radius 1 is 1.48 bits per heavy atom. The fourth-order valence-electron chi connectivity index (χ4n) is 1.80. The predicted molar refractivity (Wildman–Crippen MR) is 82.2 cm³/mol. The van der Waals surface area contributed by atoms with Crippen LogP contribution in [0.2, 0.25) is 0 Å². The van der Waals surface area contributed by atoms with Crippen LogP contribution in [0.15, 0.2) is 29.7 Å². The Morgan fingerprint density at radius 3 is 2.86 bits per heavy atom. The van der Waals surface area contributed by atoms with Crippen LogP contribution in [0.25, 0.3) is 0 Å². The van der Waals surface area contributed by atoms with Gasteiger partial charge in [0.15, 0.2) is 5.82 Å². The number of thioether (sulfide) groups is 1. The van der Waals surface area contributed by atoms with Gasteiger partial charge >= 0.3 is 6.03 Å². The summed E-state index contributed by atoms with van der Waals surface area (Å²) in [6, 6.07) is 3.18. The standard InChI is InChI=1S/C13H18N6OS/c1-4-21-11-6-5-10(7-14-11)17-13(20)16-9(2)12-18-15-8-19(12)3/h5-9H,4H2,1-3H3,(H2,16,17,20). The van der Waals surface area contributed by atoms with Crippen molar-refractivity contribution in [1.29, 1.82) is 0 Å². The van der Waals surface area contributed by atoms with Crippen molar-refractivity contribution >= 4 is 23.5 Å². The number of pyridine rings is 1. The number of carbonyl (C=O) groups excluding carboxylic acids is 1. The van der Waals surface area contributed by atoms with Crippen LogP contribution in [0.1, 0.15) is 25.7 Å². The second-order valence-corrected chi connectivity index (χ2v) is 5.72. The summed E-state index contributed by atoms with van der Waals surface area (Å²) in [4.78, 5) is 16.2. The van der Waals surface area contributed by atoms with Crippen LogP contribution in [-0.4, -0.2) is 31.5 Å². The van der Waals surface area contributed by atoms with Gasteiger partial charge in [-0.15, -0.1) is 22.0 Å². The summed E-state index contributed by atoms with van der Waals surface area (Å²) in [5, 5.41) is 14.2. The summed E-state index contributed by atoms with van der Waals surface area (Å²) in [6.45, 7) is 3.92. The number of nitrogens with zero attached hydrogens (tertiary/aromatic N) is 4. The van der Waals surface area contributed by atoms with Crippen LogP contribution in [0, 0.1) is 0 Å². The Labute approximate surface area is 127 Å². The van der Waals surface area contributed by atoms with Gasteiger partial charge in [0, 0.05) is 7.05 Å². The van der Waals surface area contributed by atoms with E-state index in [1.54, 1.807) is 28.9 Å². The van der Waals surface area contributed by atoms with Crippen molar-refractivity contribution in [2.45, 2.75) is 24.9 Å². The van der Waals surface area contributed by atoms with Gasteiger partial charge in [-0.25, -0.2) is 9.78 Å². The molecule has 0 aliphatic heterocycles. The molecule has 112 valence electrons. The number of rotatable bonds is 5. The van der Waals surface area contributed by atoms with Gasteiger partial charge in [-0.1, -0.05) is 6.92 Å². The van der Waals surface area contributed by atoms with Crippen LogP contribution in [-0.2, 0) is 7.05 Å². The molecule has 2 heterocycles. The lowest BCUT2D eigenvalue weighted by Gasteiger charge is -2.13. The third-order valence-electron chi connectivity index (χ3n) is 2.77. The Morgan fingerprint density at radius 2 is 2.29 bits per heavy atom. The van der Waals surface area contributed by atoms with Crippen molar-refractivity contribution < 1.29 is 4.79 Å². The van der Waals surface area contributed by atoms with E-state index in [0.717, 1.165) is 10.8 Å². The molecule has 8 heteroatoms. The molecule has 0 aromatic carbocycles. The molecule has 0 radical (unpaired) electrons. The highest BCUT2D eigenvalue weighted by molar-refractivity contribution is 7.99. The number of hydrogen-bond donors (Lipinski definition) is 2. The number of nitrogens with one attached hydrogen (secondary N) is 2. The van der Waals surface area contributed by atoms with Gasteiger partial charge in [-0.05, 0) is 24.8 Å². The molecule has 0 bridgehead atoms. The van der Waals surface area contributed by atoms with Gasteiger partial charge < -0.3 is 15.2 Å². The van der Waals surface area contributed by atoms with E-state index in [1.807, 2.05) is 26.1 Å². The average Bonchev–Trinajstić information content (AvgIpc) is 2.87. The number of anilines is 1. The zero-order chi connectivity index (χ0) is 15.2. The van der Waals surface area contributed by atoms with E-state index < -0.39 is 0 Å². The molecule has 0 aliphatic carbocycles. The molecule has 0 saturated carbocycles. The van der Waals surface area contributed by atoms with Crippen LogP contribution in [0.5, 0.6) is 0 Å². The first kappa shape index (κ1) is 15.3. The number of amides is 2. The summed E-state index contributed by atoms with van der Waals surface area (Å²) >= 11 is 1.66. The molecule has 2 rings (SSSR count). The van der Waals surface area contributed by atoms with Crippen LogP contribution >= 0.6 is 11.8 Å². The van der Waals surface area contributed by atoms with Crippen molar-refractivity contribution in [3.05, 3.63) is 30.5 Å². The second kappa shape index (κ2) is 7.07. The van der Waals surface area contributed by atoms with Gasteiger partial charge in [0.1, 0.15) is 6.33 Å². The van der Waals surface area contributed by atoms with Gasteiger partial charge in [0.05, 0.1) is 23.0 Å². The lowest BCUT2D eigenvalue weighted by molar-refractivity contribution is 0.248. The van der Waals surface area contributed by atoms with E-state index in [-0.39, 0.29) is 12.1 Å². The van der Waals surface area contributed by atoms with Crippen molar-refractivity contribution in [2.24, 2.45) is 7.05 Å². The minimum Gasteiger partial charge on any atom is -0.328 e. The summed E-state index contributed by atoms with van der Waals surface area (Å²) in [7, 11) is 1.83. The third-order valence-corrected chi connectivity index (χ3v) is 3.59. The molecule has 0 saturated heterocycles. The van der Waals surface area contributed by atoms with E-state index in [1.165, 1.54) is 0 Å². The first-order chi connectivity index (χ1) is 10.1. The molecule has 21 heavy (non-hydrogen) atoms. The maximum atomic E-state index is 11.9. The molecule has 1 unspecified atom stereocenters.